The molecule has 0 aliphatic heterocycles. The van der Waals surface area contributed by atoms with Gasteiger partial charge in [0.25, 0.3) is 0 Å². The maximum absolute atomic E-state index is 11.5. The Morgan fingerprint density at radius 1 is 1.47 bits per heavy atom. The topological polar surface area (TPSA) is 49.3 Å². The van der Waals surface area contributed by atoms with Crippen molar-refractivity contribution in [3.05, 3.63) is 23.8 Å². The van der Waals surface area contributed by atoms with Crippen molar-refractivity contribution in [3.63, 3.8) is 0 Å². The number of benzene rings is 1. The quantitative estimate of drug-likeness (QED) is 0.797. The predicted octanol–water partition coefficient (Wildman–Crippen LogP) is 4.10. The van der Waals surface area contributed by atoms with Crippen LogP contribution in [-0.4, -0.2) is 22.9 Å². The van der Waals surface area contributed by atoms with Gasteiger partial charge in [0.1, 0.15) is 0 Å². The van der Waals surface area contributed by atoms with E-state index in [1.165, 1.54) is 6.42 Å². The molecule has 0 radical (unpaired) electrons. The van der Waals surface area contributed by atoms with E-state index < -0.39 is 5.97 Å². The fraction of sp³-hybridized carbons (Fsp3) is 0.533. The Bertz CT molecular complexity index is 461. The summed E-state index contributed by atoms with van der Waals surface area (Å²) < 4.78 is 0. The molecule has 4 heteroatoms. The summed E-state index contributed by atoms with van der Waals surface area (Å²) in [5.74, 6) is 0.772. The minimum Gasteiger partial charge on any atom is -0.478 e. The molecule has 0 heterocycles. The lowest BCUT2D eigenvalue weighted by molar-refractivity contribution is 0.0694. The zero-order chi connectivity index (χ0) is 13.8. The van der Waals surface area contributed by atoms with Crippen molar-refractivity contribution in [3.8, 4) is 0 Å². The maximum atomic E-state index is 11.5. The Morgan fingerprint density at radius 2 is 2.26 bits per heavy atom. The lowest BCUT2D eigenvalue weighted by Crippen LogP contribution is -2.18. The molecule has 104 valence electrons. The van der Waals surface area contributed by atoms with Crippen LogP contribution in [0.15, 0.2) is 23.1 Å². The molecule has 0 amide bonds. The van der Waals surface area contributed by atoms with Crippen LogP contribution in [0, 0.1) is 5.92 Å². The summed E-state index contributed by atoms with van der Waals surface area (Å²) >= 11 is 1.58. The first kappa shape index (κ1) is 14.3. The van der Waals surface area contributed by atoms with Crippen LogP contribution in [0.3, 0.4) is 0 Å². The van der Waals surface area contributed by atoms with Gasteiger partial charge in [0, 0.05) is 10.9 Å². The van der Waals surface area contributed by atoms with E-state index in [2.05, 4.69) is 12.2 Å². The van der Waals surface area contributed by atoms with Crippen LogP contribution in [0.2, 0.25) is 0 Å². The summed E-state index contributed by atoms with van der Waals surface area (Å²) in [5, 5.41) is 12.9. The normalized spacial score (nSPS) is 22.4. The molecule has 1 aliphatic carbocycles. The first-order valence-corrected chi connectivity index (χ1v) is 7.86. The van der Waals surface area contributed by atoms with Gasteiger partial charge >= 0.3 is 5.97 Å². The number of carboxylic acids is 1. The van der Waals surface area contributed by atoms with Crippen LogP contribution < -0.4 is 5.32 Å². The molecule has 1 aromatic rings. The van der Waals surface area contributed by atoms with Gasteiger partial charge in [-0.2, -0.15) is 0 Å². The molecule has 1 aromatic carbocycles. The summed E-state index contributed by atoms with van der Waals surface area (Å²) in [6.07, 6.45) is 3.49. The molecule has 2 N–H and O–H groups in total. The van der Waals surface area contributed by atoms with Crippen LogP contribution in [0.1, 0.15) is 43.5 Å². The molecule has 1 saturated carbocycles. The minimum atomic E-state index is -0.843. The average molecular weight is 279 g/mol. The van der Waals surface area contributed by atoms with E-state index in [0.29, 0.717) is 11.6 Å². The van der Waals surface area contributed by atoms with Crippen molar-refractivity contribution in [2.75, 3.05) is 11.1 Å². The van der Waals surface area contributed by atoms with E-state index in [1.54, 1.807) is 11.8 Å². The number of thioether (sulfide) groups is 1. The van der Waals surface area contributed by atoms with E-state index in [1.807, 2.05) is 25.1 Å². The summed E-state index contributed by atoms with van der Waals surface area (Å²) in [4.78, 5) is 12.4. The number of nitrogens with one attached hydrogen (secondary N) is 1. The van der Waals surface area contributed by atoms with Gasteiger partial charge in [0.2, 0.25) is 0 Å². The molecule has 1 fully saturated rings. The van der Waals surface area contributed by atoms with E-state index in [9.17, 15) is 9.90 Å². The van der Waals surface area contributed by atoms with Crippen LogP contribution in [0.25, 0.3) is 0 Å². The molecule has 3 nitrogen and oxygen atoms in total. The van der Waals surface area contributed by atoms with Gasteiger partial charge in [-0.1, -0.05) is 19.9 Å². The molecule has 19 heavy (non-hydrogen) atoms. The third-order valence-electron chi connectivity index (χ3n) is 3.59. The molecular formula is C15H21NO2S. The zero-order valence-electron chi connectivity index (χ0n) is 11.5. The van der Waals surface area contributed by atoms with Crippen LogP contribution in [0.4, 0.5) is 5.69 Å². The summed E-state index contributed by atoms with van der Waals surface area (Å²) in [6, 6.07) is 6.12. The Morgan fingerprint density at radius 3 is 2.84 bits per heavy atom. The van der Waals surface area contributed by atoms with Crippen molar-refractivity contribution in [1.29, 1.82) is 0 Å². The minimum absolute atomic E-state index is 0.412. The van der Waals surface area contributed by atoms with Crippen molar-refractivity contribution in [2.24, 2.45) is 5.92 Å². The monoisotopic (exact) mass is 279 g/mol. The summed E-state index contributed by atoms with van der Waals surface area (Å²) in [6.45, 7) is 4.29. The number of carboxylic acid groups (broad SMARTS) is 1. The highest BCUT2D eigenvalue weighted by atomic mass is 32.2. The number of hydrogen-bond donors (Lipinski definition) is 2. The van der Waals surface area contributed by atoms with Gasteiger partial charge in [-0.05, 0) is 43.1 Å². The third-order valence-corrected chi connectivity index (χ3v) is 4.53. The first-order chi connectivity index (χ1) is 9.11. The highest BCUT2D eigenvalue weighted by Crippen LogP contribution is 2.32. The molecule has 0 aromatic heterocycles. The zero-order valence-corrected chi connectivity index (χ0v) is 12.3. The molecule has 2 unspecified atom stereocenters. The highest BCUT2D eigenvalue weighted by Gasteiger charge is 2.23. The second-order valence-corrected chi connectivity index (χ2v) is 6.48. The Kier molecular flexibility index (Phi) is 4.75. The van der Waals surface area contributed by atoms with Crippen molar-refractivity contribution in [1.82, 2.24) is 0 Å². The number of rotatable bonds is 5. The SMILES string of the molecule is CCSc1cccc(NC2CCC(C)C2)c1C(=O)O. The fourth-order valence-corrected chi connectivity index (χ4v) is 3.53. The van der Waals surface area contributed by atoms with E-state index in [4.69, 9.17) is 0 Å². The van der Waals surface area contributed by atoms with Gasteiger partial charge in [-0.3, -0.25) is 0 Å². The number of anilines is 1. The molecule has 0 bridgehead atoms. The Labute approximate surface area is 118 Å². The molecule has 1 aliphatic rings. The Balaban J connectivity index is 2.23. The number of carbonyl (C=O) groups is 1. The van der Waals surface area contributed by atoms with Gasteiger partial charge in [0.15, 0.2) is 0 Å². The number of hydrogen-bond acceptors (Lipinski definition) is 3. The fourth-order valence-electron chi connectivity index (χ4n) is 2.71. The maximum Gasteiger partial charge on any atom is 0.338 e. The lowest BCUT2D eigenvalue weighted by atomic mass is 10.1. The summed E-state index contributed by atoms with van der Waals surface area (Å²) in [5.41, 5.74) is 1.19. The van der Waals surface area contributed by atoms with Gasteiger partial charge in [-0.15, -0.1) is 11.8 Å². The highest BCUT2D eigenvalue weighted by molar-refractivity contribution is 7.99. The van der Waals surface area contributed by atoms with Crippen LogP contribution in [-0.2, 0) is 0 Å². The molecule has 0 saturated heterocycles. The van der Waals surface area contributed by atoms with Crippen molar-refractivity contribution < 1.29 is 9.90 Å². The second kappa shape index (κ2) is 6.33. The average Bonchev–Trinajstić information content (AvgIpc) is 2.75. The van der Waals surface area contributed by atoms with E-state index in [0.717, 1.165) is 35.1 Å². The van der Waals surface area contributed by atoms with Crippen LogP contribution in [0.5, 0.6) is 0 Å². The van der Waals surface area contributed by atoms with Gasteiger partial charge in [-0.25, -0.2) is 4.79 Å². The molecule has 0 spiro atoms. The van der Waals surface area contributed by atoms with Gasteiger partial charge < -0.3 is 10.4 Å². The predicted molar refractivity (Wildman–Crippen MR) is 80.2 cm³/mol. The largest absolute Gasteiger partial charge is 0.478 e. The first-order valence-electron chi connectivity index (χ1n) is 6.87. The lowest BCUT2D eigenvalue weighted by Gasteiger charge is -2.17. The van der Waals surface area contributed by atoms with Crippen LogP contribution >= 0.6 is 11.8 Å². The van der Waals surface area contributed by atoms with E-state index in [-0.39, 0.29) is 0 Å². The molecule has 2 atom stereocenters. The smallest absolute Gasteiger partial charge is 0.338 e. The van der Waals surface area contributed by atoms with E-state index >= 15 is 0 Å². The molecular weight excluding hydrogens is 258 g/mol. The Hall–Kier alpha value is -1.16. The van der Waals surface area contributed by atoms with Gasteiger partial charge in [0.05, 0.1) is 11.3 Å². The van der Waals surface area contributed by atoms with Crippen molar-refractivity contribution >= 4 is 23.4 Å². The standard InChI is InChI=1S/C15H21NO2S/c1-3-19-13-6-4-5-12(14(13)15(17)18)16-11-8-7-10(2)9-11/h4-6,10-11,16H,3,7-9H2,1-2H3,(H,17,18). The second-order valence-electron chi connectivity index (χ2n) is 5.18. The third kappa shape index (κ3) is 3.44. The summed E-state index contributed by atoms with van der Waals surface area (Å²) in [7, 11) is 0. The van der Waals surface area contributed by atoms with Crippen molar-refractivity contribution in [2.45, 2.75) is 44.0 Å². The number of aromatic carboxylic acids is 1. The molecule has 2 rings (SSSR count).